The predicted molar refractivity (Wildman–Crippen MR) is 72.1 cm³/mol. The molecule has 6 nitrogen and oxygen atoms in total. The van der Waals surface area contributed by atoms with Crippen LogP contribution >= 0.6 is 0 Å². The summed E-state index contributed by atoms with van der Waals surface area (Å²) >= 11 is 0. The van der Waals surface area contributed by atoms with Crippen molar-refractivity contribution in [3.63, 3.8) is 0 Å². The van der Waals surface area contributed by atoms with Gasteiger partial charge in [0, 0.05) is 11.9 Å². The Kier molecular flexibility index (Phi) is 3.93. The molecule has 2 heterocycles. The van der Waals surface area contributed by atoms with Crippen LogP contribution in [0.2, 0.25) is 0 Å². The number of carbonyl (C=O) groups is 1. The third-order valence-electron chi connectivity index (χ3n) is 2.61. The van der Waals surface area contributed by atoms with Crippen LogP contribution in [0.25, 0.3) is 0 Å². The van der Waals surface area contributed by atoms with Gasteiger partial charge in [-0.05, 0) is 25.0 Å². The summed E-state index contributed by atoms with van der Waals surface area (Å²) in [5.74, 6) is -0.510. The highest BCUT2D eigenvalue weighted by molar-refractivity contribution is 5.87. The number of pyridine rings is 1. The topological polar surface area (TPSA) is 85.2 Å². The molecule has 0 spiro atoms. The second-order valence-electron chi connectivity index (χ2n) is 4.69. The fourth-order valence-corrected chi connectivity index (χ4v) is 1.60. The maximum atomic E-state index is 10.9. The number of rotatable bonds is 4. The summed E-state index contributed by atoms with van der Waals surface area (Å²) < 4.78 is 5.49. The molecule has 0 atom stereocenters. The van der Waals surface area contributed by atoms with E-state index >= 15 is 0 Å². The van der Waals surface area contributed by atoms with Gasteiger partial charge in [-0.15, -0.1) is 0 Å². The first-order valence-electron chi connectivity index (χ1n) is 6.17. The van der Waals surface area contributed by atoms with E-state index in [0.29, 0.717) is 5.75 Å². The molecule has 0 unspecified atom stereocenters. The molecule has 6 heteroatoms. The van der Waals surface area contributed by atoms with Crippen molar-refractivity contribution in [2.24, 2.45) is 0 Å². The number of carboxylic acid groups (broad SMARTS) is 1. The minimum Gasteiger partial charge on any atom is -0.478 e. The van der Waals surface area contributed by atoms with E-state index in [4.69, 9.17) is 9.84 Å². The zero-order chi connectivity index (χ0) is 14.7. The molecule has 20 heavy (non-hydrogen) atoms. The highest BCUT2D eigenvalue weighted by Crippen LogP contribution is 2.21. The lowest BCUT2D eigenvalue weighted by atomic mass is 10.1. The van der Waals surface area contributed by atoms with E-state index in [1.165, 1.54) is 18.5 Å². The van der Waals surface area contributed by atoms with Gasteiger partial charge in [0.1, 0.15) is 5.75 Å². The van der Waals surface area contributed by atoms with Gasteiger partial charge in [-0.25, -0.2) is 9.78 Å². The molecule has 0 amide bonds. The van der Waals surface area contributed by atoms with Crippen LogP contribution in [0, 0.1) is 6.92 Å². The minimum absolute atomic E-state index is 0.0548. The summed E-state index contributed by atoms with van der Waals surface area (Å²) in [4.78, 5) is 23.2. The first kappa shape index (κ1) is 13.9. The van der Waals surface area contributed by atoms with E-state index in [-0.39, 0.29) is 17.5 Å². The lowest BCUT2D eigenvalue weighted by Gasteiger charge is -2.09. The summed E-state index contributed by atoms with van der Waals surface area (Å²) in [6.07, 6.45) is 2.68. The third kappa shape index (κ3) is 3.28. The number of aromatic nitrogens is 3. The van der Waals surface area contributed by atoms with Crippen LogP contribution in [0.5, 0.6) is 11.8 Å². The molecule has 2 aromatic rings. The average Bonchev–Trinajstić information content (AvgIpc) is 2.38. The van der Waals surface area contributed by atoms with Crippen molar-refractivity contribution in [3.05, 3.63) is 41.5 Å². The lowest BCUT2D eigenvalue weighted by molar-refractivity contribution is 0.0696. The minimum atomic E-state index is -1.06. The maximum Gasteiger partial charge on any atom is 0.337 e. The van der Waals surface area contributed by atoms with E-state index in [9.17, 15) is 4.79 Å². The molecule has 0 aliphatic rings. The van der Waals surface area contributed by atoms with E-state index in [2.05, 4.69) is 15.0 Å². The molecule has 0 aromatic carbocycles. The first-order chi connectivity index (χ1) is 9.45. The van der Waals surface area contributed by atoms with E-state index in [0.717, 1.165) is 11.4 Å². The number of ether oxygens (including phenoxy) is 1. The summed E-state index contributed by atoms with van der Waals surface area (Å²) in [5.41, 5.74) is 1.72. The van der Waals surface area contributed by atoms with Gasteiger partial charge < -0.3 is 9.84 Å². The first-order valence-corrected chi connectivity index (χ1v) is 6.17. The Morgan fingerprint density at radius 2 is 2.00 bits per heavy atom. The van der Waals surface area contributed by atoms with Gasteiger partial charge in [-0.2, -0.15) is 4.98 Å². The highest BCUT2D eigenvalue weighted by atomic mass is 16.5. The molecular weight excluding hydrogens is 258 g/mol. The van der Waals surface area contributed by atoms with Crippen molar-refractivity contribution in [2.45, 2.75) is 26.7 Å². The van der Waals surface area contributed by atoms with Crippen LogP contribution in [-0.4, -0.2) is 26.0 Å². The molecule has 0 saturated heterocycles. The number of carboxylic acids is 1. The largest absolute Gasteiger partial charge is 0.478 e. The Hall–Kier alpha value is -2.50. The van der Waals surface area contributed by atoms with Gasteiger partial charge in [0.25, 0.3) is 0 Å². The zero-order valence-corrected chi connectivity index (χ0v) is 11.5. The predicted octanol–water partition coefficient (Wildman–Crippen LogP) is 2.79. The van der Waals surface area contributed by atoms with Gasteiger partial charge in [-0.3, -0.25) is 4.98 Å². The van der Waals surface area contributed by atoms with Gasteiger partial charge in [0.05, 0.1) is 17.5 Å². The number of nitrogens with zero attached hydrogens (tertiary/aromatic N) is 3. The number of aryl methyl sites for hydroxylation is 1. The zero-order valence-electron chi connectivity index (χ0n) is 11.5. The van der Waals surface area contributed by atoms with Crippen molar-refractivity contribution in [2.75, 3.05) is 0 Å². The molecule has 0 bridgehead atoms. The Balaban J connectivity index is 2.30. The molecule has 0 aliphatic carbocycles. The smallest absolute Gasteiger partial charge is 0.337 e. The lowest BCUT2D eigenvalue weighted by Crippen LogP contribution is -2.02. The Morgan fingerprint density at radius 1 is 1.25 bits per heavy atom. The molecule has 0 fully saturated rings. The molecule has 104 valence electrons. The molecule has 0 radical (unpaired) electrons. The monoisotopic (exact) mass is 273 g/mol. The Labute approximate surface area is 116 Å². The third-order valence-corrected chi connectivity index (χ3v) is 2.61. The fraction of sp³-hybridized carbons (Fsp3) is 0.286. The van der Waals surface area contributed by atoms with Crippen molar-refractivity contribution in [1.29, 1.82) is 0 Å². The highest BCUT2D eigenvalue weighted by Gasteiger charge is 2.10. The molecule has 1 N–H and O–H groups in total. The fourth-order valence-electron chi connectivity index (χ4n) is 1.60. The summed E-state index contributed by atoms with van der Waals surface area (Å²) in [5, 5.41) is 8.91. The van der Waals surface area contributed by atoms with Gasteiger partial charge >= 0.3 is 12.0 Å². The molecule has 0 saturated carbocycles. The van der Waals surface area contributed by atoms with Crippen molar-refractivity contribution < 1.29 is 14.6 Å². The van der Waals surface area contributed by atoms with Crippen LogP contribution < -0.4 is 4.74 Å². The second-order valence-corrected chi connectivity index (χ2v) is 4.69. The van der Waals surface area contributed by atoms with E-state index in [1.54, 1.807) is 0 Å². The van der Waals surface area contributed by atoms with Crippen LogP contribution in [-0.2, 0) is 0 Å². The molecular formula is C14H15N3O3. The Morgan fingerprint density at radius 3 is 2.65 bits per heavy atom. The normalized spacial score (nSPS) is 10.6. The number of aromatic carboxylic acids is 1. The van der Waals surface area contributed by atoms with Crippen molar-refractivity contribution >= 4 is 5.97 Å². The maximum absolute atomic E-state index is 10.9. The van der Waals surface area contributed by atoms with Crippen LogP contribution in [0.4, 0.5) is 0 Å². The van der Waals surface area contributed by atoms with Gasteiger partial charge in [0.2, 0.25) is 0 Å². The van der Waals surface area contributed by atoms with E-state index < -0.39 is 5.97 Å². The summed E-state index contributed by atoms with van der Waals surface area (Å²) in [7, 11) is 0. The second kappa shape index (κ2) is 5.64. The quantitative estimate of drug-likeness (QED) is 0.921. The van der Waals surface area contributed by atoms with Crippen LogP contribution in [0.15, 0.2) is 24.5 Å². The standard InChI is InChI=1S/C14H15N3O3/c1-8(2)12-4-9(3)16-14(17-12)20-11-5-10(13(18)19)6-15-7-11/h4-8H,1-3H3,(H,18,19). The molecule has 2 rings (SSSR count). The van der Waals surface area contributed by atoms with Gasteiger partial charge in [0.15, 0.2) is 0 Å². The number of hydrogen-bond donors (Lipinski definition) is 1. The van der Waals surface area contributed by atoms with Crippen molar-refractivity contribution in [1.82, 2.24) is 15.0 Å². The summed E-state index contributed by atoms with van der Waals surface area (Å²) in [6, 6.07) is 3.47. The average molecular weight is 273 g/mol. The van der Waals surface area contributed by atoms with Crippen LogP contribution in [0.1, 0.15) is 41.5 Å². The number of hydrogen-bond acceptors (Lipinski definition) is 5. The molecule has 0 aliphatic heterocycles. The Bertz CT molecular complexity index is 641. The SMILES string of the molecule is Cc1cc(C(C)C)nc(Oc2cncc(C(=O)O)c2)n1. The van der Waals surface area contributed by atoms with E-state index in [1.807, 2.05) is 26.8 Å². The van der Waals surface area contributed by atoms with Crippen molar-refractivity contribution in [3.8, 4) is 11.8 Å². The summed E-state index contributed by atoms with van der Waals surface area (Å²) in [6.45, 7) is 5.91. The van der Waals surface area contributed by atoms with Gasteiger partial charge in [-0.1, -0.05) is 13.8 Å². The molecule has 2 aromatic heterocycles. The van der Waals surface area contributed by atoms with Crippen LogP contribution in [0.3, 0.4) is 0 Å².